The summed E-state index contributed by atoms with van der Waals surface area (Å²) >= 11 is 1.66. The second-order valence-corrected chi connectivity index (χ2v) is 5.63. The van der Waals surface area contributed by atoms with E-state index in [9.17, 15) is 9.59 Å². The van der Waals surface area contributed by atoms with Crippen LogP contribution in [0.2, 0.25) is 0 Å². The Bertz CT molecular complexity index is 585. The van der Waals surface area contributed by atoms with Crippen LogP contribution in [0.15, 0.2) is 47.8 Å². The molecule has 0 atom stereocenters. The topological polar surface area (TPSA) is 67.4 Å². The first-order chi connectivity index (χ1) is 10.7. The Morgan fingerprint density at radius 1 is 1.05 bits per heavy atom. The van der Waals surface area contributed by atoms with Crippen molar-refractivity contribution in [2.45, 2.75) is 13.0 Å². The molecule has 1 aromatic carbocycles. The minimum absolute atomic E-state index is 0.0853. The van der Waals surface area contributed by atoms with Gasteiger partial charge in [0.25, 0.3) is 0 Å². The molecule has 2 aromatic rings. The van der Waals surface area contributed by atoms with Gasteiger partial charge in [-0.15, -0.1) is 11.3 Å². The minimum Gasteiger partial charge on any atom is -0.445 e. The van der Waals surface area contributed by atoms with E-state index < -0.39 is 6.09 Å². The first-order valence-electron chi connectivity index (χ1n) is 6.97. The number of amides is 2. The molecule has 22 heavy (non-hydrogen) atoms. The van der Waals surface area contributed by atoms with Crippen LogP contribution in [-0.4, -0.2) is 25.1 Å². The van der Waals surface area contributed by atoms with E-state index in [-0.39, 0.29) is 19.1 Å². The zero-order valence-corrected chi connectivity index (χ0v) is 12.9. The summed E-state index contributed by atoms with van der Waals surface area (Å²) in [7, 11) is 0. The summed E-state index contributed by atoms with van der Waals surface area (Å²) in [4.78, 5) is 24.3. The van der Waals surface area contributed by atoms with Crippen LogP contribution in [0.1, 0.15) is 10.4 Å². The van der Waals surface area contributed by atoms with Gasteiger partial charge in [0, 0.05) is 11.4 Å². The molecule has 2 N–H and O–H groups in total. The van der Waals surface area contributed by atoms with Crippen molar-refractivity contribution in [3.8, 4) is 0 Å². The summed E-state index contributed by atoms with van der Waals surface area (Å²) in [5.74, 6) is -0.229. The molecular weight excluding hydrogens is 300 g/mol. The van der Waals surface area contributed by atoms with Gasteiger partial charge in [0.15, 0.2) is 0 Å². The second-order valence-electron chi connectivity index (χ2n) is 4.59. The Balaban J connectivity index is 1.56. The van der Waals surface area contributed by atoms with Gasteiger partial charge in [0.2, 0.25) is 5.91 Å². The first kappa shape index (κ1) is 16.0. The molecule has 116 valence electrons. The summed E-state index contributed by atoms with van der Waals surface area (Å²) < 4.78 is 5.01. The van der Waals surface area contributed by atoms with Crippen LogP contribution in [0.4, 0.5) is 4.79 Å². The van der Waals surface area contributed by atoms with Gasteiger partial charge in [0.1, 0.15) is 6.61 Å². The van der Waals surface area contributed by atoms with Crippen molar-refractivity contribution in [1.82, 2.24) is 10.6 Å². The molecule has 0 unspecified atom stereocenters. The lowest BCUT2D eigenvalue weighted by Gasteiger charge is -2.07. The molecule has 2 rings (SSSR count). The lowest BCUT2D eigenvalue weighted by molar-refractivity contribution is -0.120. The number of rotatable bonds is 7. The molecule has 1 heterocycles. The van der Waals surface area contributed by atoms with E-state index in [2.05, 4.69) is 10.6 Å². The predicted molar refractivity (Wildman–Crippen MR) is 85.7 cm³/mol. The number of hydrogen-bond acceptors (Lipinski definition) is 4. The highest BCUT2D eigenvalue weighted by molar-refractivity contribution is 7.09. The van der Waals surface area contributed by atoms with E-state index in [0.29, 0.717) is 6.54 Å². The Morgan fingerprint density at radius 3 is 2.59 bits per heavy atom. The summed E-state index contributed by atoms with van der Waals surface area (Å²) in [6.07, 6.45) is 0.194. The highest BCUT2D eigenvalue weighted by atomic mass is 32.1. The lowest BCUT2D eigenvalue weighted by Crippen LogP contribution is -2.37. The fraction of sp³-hybridized carbons (Fsp3) is 0.250. The summed E-state index contributed by atoms with van der Waals surface area (Å²) in [5.41, 5.74) is 0.901. The largest absolute Gasteiger partial charge is 0.445 e. The van der Waals surface area contributed by atoms with E-state index >= 15 is 0 Å². The van der Waals surface area contributed by atoms with Crippen molar-refractivity contribution in [3.63, 3.8) is 0 Å². The molecule has 0 fully saturated rings. The van der Waals surface area contributed by atoms with Crippen molar-refractivity contribution in [2.75, 3.05) is 13.1 Å². The number of nitrogens with one attached hydrogen (secondary N) is 2. The Hall–Kier alpha value is -2.34. The standard InChI is InChI=1S/C16H18N2O3S/c19-15(17-9-8-14-7-4-10-22-14)11-18-16(20)21-12-13-5-2-1-3-6-13/h1-7,10H,8-9,11-12H2,(H,17,19)(H,18,20). The van der Waals surface area contributed by atoms with Gasteiger partial charge in [-0.1, -0.05) is 36.4 Å². The maximum Gasteiger partial charge on any atom is 0.407 e. The molecule has 0 saturated heterocycles. The molecule has 1 aromatic heterocycles. The zero-order chi connectivity index (χ0) is 15.6. The molecule has 0 spiro atoms. The van der Waals surface area contributed by atoms with Crippen LogP contribution in [0.5, 0.6) is 0 Å². The van der Waals surface area contributed by atoms with E-state index in [1.165, 1.54) is 4.88 Å². The van der Waals surface area contributed by atoms with Crippen LogP contribution < -0.4 is 10.6 Å². The number of hydrogen-bond donors (Lipinski definition) is 2. The lowest BCUT2D eigenvalue weighted by atomic mass is 10.2. The summed E-state index contributed by atoms with van der Waals surface area (Å²) in [6, 6.07) is 13.4. The highest BCUT2D eigenvalue weighted by Gasteiger charge is 2.06. The van der Waals surface area contributed by atoms with Gasteiger partial charge < -0.3 is 15.4 Å². The van der Waals surface area contributed by atoms with E-state index in [1.54, 1.807) is 11.3 Å². The van der Waals surface area contributed by atoms with Crippen molar-refractivity contribution in [1.29, 1.82) is 0 Å². The van der Waals surface area contributed by atoms with E-state index in [0.717, 1.165) is 12.0 Å². The number of thiophene rings is 1. The fourth-order valence-corrected chi connectivity index (χ4v) is 2.48. The molecular formula is C16H18N2O3S. The fourth-order valence-electron chi connectivity index (χ4n) is 1.77. The van der Waals surface area contributed by atoms with Crippen LogP contribution >= 0.6 is 11.3 Å². The third kappa shape index (κ3) is 5.97. The Morgan fingerprint density at radius 2 is 1.86 bits per heavy atom. The number of carbonyl (C=O) groups is 2. The highest BCUT2D eigenvalue weighted by Crippen LogP contribution is 2.07. The smallest absolute Gasteiger partial charge is 0.407 e. The average molecular weight is 318 g/mol. The Kier molecular flexibility index (Phi) is 6.44. The van der Waals surface area contributed by atoms with Crippen LogP contribution in [0.25, 0.3) is 0 Å². The van der Waals surface area contributed by atoms with Crippen molar-refractivity contribution in [2.24, 2.45) is 0 Å². The molecule has 0 bridgehead atoms. The molecule has 0 aliphatic rings. The summed E-state index contributed by atoms with van der Waals surface area (Å²) in [6.45, 7) is 0.658. The molecule has 0 aliphatic carbocycles. The average Bonchev–Trinajstić information content (AvgIpc) is 3.05. The van der Waals surface area contributed by atoms with Crippen LogP contribution in [0, 0.1) is 0 Å². The van der Waals surface area contributed by atoms with Crippen LogP contribution in [0.3, 0.4) is 0 Å². The van der Waals surface area contributed by atoms with Crippen molar-refractivity contribution in [3.05, 3.63) is 58.3 Å². The normalized spacial score (nSPS) is 10.0. The van der Waals surface area contributed by atoms with Crippen molar-refractivity contribution < 1.29 is 14.3 Å². The molecule has 0 saturated carbocycles. The van der Waals surface area contributed by atoms with Gasteiger partial charge in [-0.3, -0.25) is 4.79 Å². The third-order valence-corrected chi connectivity index (χ3v) is 3.82. The zero-order valence-electron chi connectivity index (χ0n) is 12.1. The predicted octanol–water partition coefficient (Wildman–Crippen LogP) is 2.33. The monoisotopic (exact) mass is 318 g/mol. The van der Waals surface area contributed by atoms with Gasteiger partial charge in [-0.2, -0.15) is 0 Å². The van der Waals surface area contributed by atoms with Crippen molar-refractivity contribution >= 4 is 23.3 Å². The maximum absolute atomic E-state index is 11.6. The second kappa shape index (κ2) is 8.84. The van der Waals surface area contributed by atoms with Gasteiger partial charge in [0.05, 0.1) is 6.54 Å². The van der Waals surface area contributed by atoms with E-state index in [4.69, 9.17) is 4.74 Å². The first-order valence-corrected chi connectivity index (χ1v) is 7.85. The summed E-state index contributed by atoms with van der Waals surface area (Å²) in [5, 5.41) is 7.17. The number of ether oxygens (including phenoxy) is 1. The SMILES string of the molecule is O=C(CNC(=O)OCc1ccccc1)NCCc1cccs1. The number of alkyl carbamates (subject to hydrolysis) is 1. The number of benzene rings is 1. The number of carbonyl (C=O) groups excluding carboxylic acids is 2. The minimum atomic E-state index is -0.600. The molecule has 6 heteroatoms. The molecule has 0 radical (unpaired) electrons. The molecule has 5 nitrogen and oxygen atoms in total. The van der Waals surface area contributed by atoms with Gasteiger partial charge in [-0.05, 0) is 23.4 Å². The van der Waals surface area contributed by atoms with E-state index in [1.807, 2.05) is 47.8 Å². The third-order valence-electron chi connectivity index (χ3n) is 2.88. The van der Waals surface area contributed by atoms with Gasteiger partial charge in [-0.25, -0.2) is 4.79 Å². The quantitative estimate of drug-likeness (QED) is 0.823. The molecule has 0 aliphatic heterocycles. The molecule has 2 amide bonds. The maximum atomic E-state index is 11.6. The van der Waals surface area contributed by atoms with Gasteiger partial charge >= 0.3 is 6.09 Å². The van der Waals surface area contributed by atoms with Crippen LogP contribution in [-0.2, 0) is 22.6 Å². The Labute approximate surface area is 133 Å².